The number of methoxy groups -OCH3 is 2. The Balaban J connectivity index is 3.18. The van der Waals surface area contributed by atoms with Crippen molar-refractivity contribution in [2.24, 2.45) is 0 Å². The predicted octanol–water partition coefficient (Wildman–Crippen LogP) is 1.73. The summed E-state index contributed by atoms with van der Waals surface area (Å²) in [6, 6.07) is 4.76. The highest BCUT2D eigenvalue weighted by atomic mass is 16.5. The van der Waals surface area contributed by atoms with E-state index in [4.69, 9.17) is 9.47 Å². The van der Waals surface area contributed by atoms with Gasteiger partial charge >= 0.3 is 5.97 Å². The summed E-state index contributed by atoms with van der Waals surface area (Å²) < 4.78 is 14.7. The van der Waals surface area contributed by atoms with Gasteiger partial charge in [0, 0.05) is 6.08 Å². The van der Waals surface area contributed by atoms with E-state index in [0.29, 0.717) is 18.1 Å². The largest absolute Gasteiger partial charge is 0.507 e. The fourth-order valence-corrected chi connectivity index (χ4v) is 1.48. The van der Waals surface area contributed by atoms with Gasteiger partial charge in [-0.1, -0.05) is 0 Å². The van der Waals surface area contributed by atoms with Crippen LogP contribution in [0.25, 0.3) is 5.76 Å². The summed E-state index contributed by atoms with van der Waals surface area (Å²) in [5, 5.41) is 9.96. The molecule has 6 nitrogen and oxygen atoms in total. The van der Waals surface area contributed by atoms with Crippen molar-refractivity contribution in [2.75, 3.05) is 20.8 Å². The third-order valence-corrected chi connectivity index (χ3v) is 2.42. The molecule has 0 bridgehead atoms. The molecule has 0 unspecified atom stereocenters. The predicted molar refractivity (Wildman–Crippen MR) is 71.8 cm³/mol. The lowest BCUT2D eigenvalue weighted by Gasteiger charge is -2.11. The van der Waals surface area contributed by atoms with Crippen molar-refractivity contribution < 1.29 is 28.9 Å². The molecule has 0 saturated carbocycles. The monoisotopic (exact) mass is 280 g/mol. The number of aliphatic hydroxyl groups is 1. The second kappa shape index (κ2) is 7.18. The first-order chi connectivity index (χ1) is 9.53. The molecule has 1 aromatic carbocycles. The highest BCUT2D eigenvalue weighted by molar-refractivity contribution is 6.39. The minimum atomic E-state index is -1.06. The SMILES string of the molecule is CCOc1ccc(OC)cc1C(O)=CC(=O)C(=O)OC. The van der Waals surface area contributed by atoms with Crippen molar-refractivity contribution in [1.82, 2.24) is 0 Å². The summed E-state index contributed by atoms with van der Waals surface area (Å²) in [6.07, 6.45) is 0.781. The van der Waals surface area contributed by atoms with Crippen molar-refractivity contribution >= 4 is 17.5 Å². The molecule has 0 aromatic heterocycles. The molecule has 0 amide bonds. The zero-order chi connectivity index (χ0) is 15.1. The summed E-state index contributed by atoms with van der Waals surface area (Å²) in [5.41, 5.74) is 0.253. The normalized spacial score (nSPS) is 10.8. The van der Waals surface area contributed by atoms with Crippen molar-refractivity contribution in [3.05, 3.63) is 29.8 Å². The van der Waals surface area contributed by atoms with Crippen LogP contribution in [0.15, 0.2) is 24.3 Å². The van der Waals surface area contributed by atoms with E-state index in [1.165, 1.54) is 13.2 Å². The van der Waals surface area contributed by atoms with E-state index >= 15 is 0 Å². The summed E-state index contributed by atoms with van der Waals surface area (Å²) in [4.78, 5) is 22.4. The molecule has 0 aliphatic rings. The quantitative estimate of drug-likeness (QED) is 0.370. The number of hydrogen-bond donors (Lipinski definition) is 1. The lowest BCUT2D eigenvalue weighted by atomic mass is 10.1. The number of esters is 1. The lowest BCUT2D eigenvalue weighted by molar-refractivity contribution is -0.149. The summed E-state index contributed by atoms with van der Waals surface area (Å²) in [5.74, 6) is -1.57. The van der Waals surface area contributed by atoms with E-state index < -0.39 is 17.5 Å². The van der Waals surface area contributed by atoms with Gasteiger partial charge in [0.15, 0.2) is 0 Å². The van der Waals surface area contributed by atoms with Crippen LogP contribution in [0.2, 0.25) is 0 Å². The third kappa shape index (κ3) is 3.74. The minimum absolute atomic E-state index is 0.253. The van der Waals surface area contributed by atoms with Crippen LogP contribution in [0, 0.1) is 0 Å². The van der Waals surface area contributed by atoms with E-state index in [0.717, 1.165) is 13.2 Å². The molecule has 0 spiro atoms. The lowest BCUT2D eigenvalue weighted by Crippen LogP contribution is -2.13. The van der Waals surface area contributed by atoms with Crippen LogP contribution in [0.3, 0.4) is 0 Å². The maximum Gasteiger partial charge on any atom is 0.378 e. The Bertz CT molecular complexity index is 532. The Morgan fingerprint density at radius 2 is 2.00 bits per heavy atom. The number of hydrogen-bond acceptors (Lipinski definition) is 6. The van der Waals surface area contributed by atoms with Crippen LogP contribution < -0.4 is 9.47 Å². The highest BCUT2D eigenvalue weighted by Crippen LogP contribution is 2.29. The van der Waals surface area contributed by atoms with E-state index in [1.807, 2.05) is 0 Å². The van der Waals surface area contributed by atoms with Crippen LogP contribution in [0.1, 0.15) is 12.5 Å². The van der Waals surface area contributed by atoms with E-state index in [1.54, 1.807) is 19.1 Å². The van der Waals surface area contributed by atoms with Crippen LogP contribution in [-0.4, -0.2) is 37.7 Å². The van der Waals surface area contributed by atoms with Gasteiger partial charge in [-0.2, -0.15) is 0 Å². The van der Waals surface area contributed by atoms with Gasteiger partial charge in [0.25, 0.3) is 5.78 Å². The van der Waals surface area contributed by atoms with Crippen molar-refractivity contribution in [3.63, 3.8) is 0 Å². The molecule has 0 heterocycles. The second-order valence-corrected chi connectivity index (χ2v) is 3.68. The summed E-state index contributed by atoms with van der Waals surface area (Å²) in [7, 11) is 2.56. The fourth-order valence-electron chi connectivity index (χ4n) is 1.48. The van der Waals surface area contributed by atoms with Crippen LogP contribution in [0.4, 0.5) is 0 Å². The van der Waals surface area contributed by atoms with Gasteiger partial charge in [-0.15, -0.1) is 0 Å². The molecule has 1 aromatic rings. The first kappa shape index (κ1) is 15.6. The standard InChI is InChI=1S/C14H16O6/c1-4-20-13-6-5-9(18-2)7-10(13)11(15)8-12(16)14(17)19-3/h5-8,15H,4H2,1-3H3. The van der Waals surface area contributed by atoms with Crippen LogP contribution in [0.5, 0.6) is 11.5 Å². The molecular formula is C14H16O6. The summed E-state index contributed by atoms with van der Waals surface area (Å²) >= 11 is 0. The number of aliphatic hydroxyl groups excluding tert-OH is 1. The van der Waals surface area contributed by atoms with E-state index in [-0.39, 0.29) is 5.56 Å². The smallest absolute Gasteiger partial charge is 0.378 e. The first-order valence-corrected chi connectivity index (χ1v) is 5.87. The minimum Gasteiger partial charge on any atom is -0.507 e. The summed E-state index contributed by atoms with van der Waals surface area (Å²) in [6.45, 7) is 2.17. The van der Waals surface area contributed by atoms with E-state index in [9.17, 15) is 14.7 Å². The van der Waals surface area contributed by atoms with Crippen LogP contribution >= 0.6 is 0 Å². The number of rotatable bonds is 6. The van der Waals surface area contributed by atoms with Crippen molar-refractivity contribution in [3.8, 4) is 11.5 Å². The van der Waals surface area contributed by atoms with Gasteiger partial charge < -0.3 is 19.3 Å². The molecule has 108 valence electrons. The van der Waals surface area contributed by atoms with Gasteiger partial charge in [-0.25, -0.2) is 4.79 Å². The average Bonchev–Trinajstić information content (AvgIpc) is 2.46. The van der Waals surface area contributed by atoms with Crippen molar-refractivity contribution in [1.29, 1.82) is 0 Å². The molecular weight excluding hydrogens is 264 g/mol. The Kier molecular flexibility index (Phi) is 5.58. The molecule has 6 heteroatoms. The topological polar surface area (TPSA) is 82.1 Å². The number of carbonyl (C=O) groups is 2. The molecule has 1 rings (SSSR count). The van der Waals surface area contributed by atoms with Gasteiger partial charge in [0.2, 0.25) is 0 Å². The third-order valence-electron chi connectivity index (χ3n) is 2.42. The van der Waals surface area contributed by atoms with Crippen molar-refractivity contribution in [2.45, 2.75) is 6.92 Å². The first-order valence-electron chi connectivity index (χ1n) is 5.87. The fraction of sp³-hybridized carbons (Fsp3) is 0.286. The maximum absolute atomic E-state index is 11.4. The molecule has 0 aliphatic carbocycles. The Hall–Kier alpha value is -2.50. The maximum atomic E-state index is 11.4. The molecule has 0 radical (unpaired) electrons. The Morgan fingerprint density at radius 3 is 2.55 bits per heavy atom. The molecule has 20 heavy (non-hydrogen) atoms. The molecule has 0 aliphatic heterocycles. The average molecular weight is 280 g/mol. The number of benzene rings is 1. The zero-order valence-corrected chi connectivity index (χ0v) is 11.5. The molecule has 1 N–H and O–H groups in total. The van der Waals surface area contributed by atoms with E-state index in [2.05, 4.69) is 4.74 Å². The Morgan fingerprint density at radius 1 is 1.30 bits per heavy atom. The van der Waals surface area contributed by atoms with Crippen LogP contribution in [-0.2, 0) is 14.3 Å². The Labute approximate surface area is 116 Å². The molecule has 0 saturated heterocycles. The second-order valence-electron chi connectivity index (χ2n) is 3.68. The highest BCUT2D eigenvalue weighted by Gasteiger charge is 2.16. The van der Waals surface area contributed by atoms with Gasteiger partial charge in [-0.05, 0) is 25.1 Å². The molecule has 0 fully saturated rings. The number of ether oxygens (including phenoxy) is 3. The van der Waals surface area contributed by atoms with Gasteiger partial charge in [-0.3, -0.25) is 4.79 Å². The number of carbonyl (C=O) groups excluding carboxylic acids is 2. The van der Waals surface area contributed by atoms with Gasteiger partial charge in [0.1, 0.15) is 17.3 Å². The van der Waals surface area contributed by atoms with Gasteiger partial charge in [0.05, 0.1) is 26.4 Å². The molecule has 0 atom stereocenters. The number of ketones is 1. The zero-order valence-electron chi connectivity index (χ0n) is 11.5.